The molecule has 0 fully saturated rings. The first kappa shape index (κ1) is 23.5. The Kier molecular flexibility index (Phi) is 7.30. The summed E-state index contributed by atoms with van der Waals surface area (Å²) in [5, 5.41) is 3.54. The summed E-state index contributed by atoms with van der Waals surface area (Å²) in [5.41, 5.74) is 2.99. The highest BCUT2D eigenvalue weighted by molar-refractivity contribution is 6.30. The van der Waals surface area contributed by atoms with E-state index < -0.39 is 0 Å². The number of carbonyl (C=O) groups excluding carboxylic acids is 2. The molecule has 0 saturated heterocycles. The highest BCUT2D eigenvalue weighted by Crippen LogP contribution is 2.36. The summed E-state index contributed by atoms with van der Waals surface area (Å²) in [5.74, 6) is 0.461. The van der Waals surface area contributed by atoms with Crippen LogP contribution in [0.25, 0.3) is 6.08 Å². The molecule has 1 aliphatic rings. The van der Waals surface area contributed by atoms with Gasteiger partial charge in [-0.15, -0.1) is 0 Å². The molecule has 1 N–H and O–H groups in total. The molecule has 2 amide bonds. The number of nitrogens with zero attached hydrogens (tertiary/aromatic N) is 2. The predicted octanol–water partition coefficient (Wildman–Crippen LogP) is 4.60. The maximum Gasteiger partial charge on any atom is 0.294 e. The predicted molar refractivity (Wildman–Crippen MR) is 135 cm³/mol. The third-order valence-electron chi connectivity index (χ3n) is 5.40. The average molecular weight is 476 g/mol. The Bertz CT molecular complexity index is 1200. The van der Waals surface area contributed by atoms with Crippen LogP contribution in [0, 0.1) is 0 Å². The van der Waals surface area contributed by atoms with Gasteiger partial charge in [0.25, 0.3) is 11.8 Å². The molecule has 0 atom stereocenters. The minimum absolute atomic E-state index is 0.130. The molecule has 3 aromatic rings. The van der Waals surface area contributed by atoms with Crippen LogP contribution in [-0.4, -0.2) is 43.9 Å². The molecular formula is C27H26ClN3O3. The summed E-state index contributed by atoms with van der Waals surface area (Å²) >= 11 is 6.01. The van der Waals surface area contributed by atoms with Crippen molar-refractivity contribution in [1.82, 2.24) is 10.2 Å². The third-order valence-corrected chi connectivity index (χ3v) is 5.65. The molecule has 0 unspecified atom stereocenters. The number of nitrogens with one attached hydrogen (secondary N) is 1. The maximum atomic E-state index is 13.4. The molecule has 1 heterocycles. The number of ether oxygens (including phenoxy) is 1. The summed E-state index contributed by atoms with van der Waals surface area (Å²) in [6, 6.07) is 22.0. The molecule has 6 nitrogen and oxygen atoms in total. The van der Waals surface area contributed by atoms with Crippen molar-refractivity contribution >= 4 is 35.2 Å². The van der Waals surface area contributed by atoms with Gasteiger partial charge in [-0.05, 0) is 67.7 Å². The molecule has 34 heavy (non-hydrogen) atoms. The molecule has 7 heteroatoms. The normalized spacial score (nSPS) is 14.2. The van der Waals surface area contributed by atoms with E-state index in [1.807, 2.05) is 67.5 Å². The zero-order valence-electron chi connectivity index (χ0n) is 19.1. The summed E-state index contributed by atoms with van der Waals surface area (Å²) in [6.07, 6.45) is 1.70. The Morgan fingerprint density at radius 2 is 1.74 bits per heavy atom. The summed E-state index contributed by atoms with van der Waals surface area (Å²) in [6.45, 7) is 1.73. The number of fused-ring (bicyclic) bond motifs is 1. The van der Waals surface area contributed by atoms with Crippen LogP contribution in [0.3, 0.4) is 0 Å². The van der Waals surface area contributed by atoms with Crippen molar-refractivity contribution in [3.63, 3.8) is 0 Å². The largest absolute Gasteiger partial charge is 0.449 e. The summed E-state index contributed by atoms with van der Waals surface area (Å²) in [4.78, 5) is 29.4. The number of hydrogen-bond donors (Lipinski definition) is 1. The van der Waals surface area contributed by atoms with Crippen molar-refractivity contribution in [2.24, 2.45) is 0 Å². The van der Waals surface area contributed by atoms with Gasteiger partial charge in [-0.1, -0.05) is 48.0 Å². The smallest absolute Gasteiger partial charge is 0.294 e. The van der Waals surface area contributed by atoms with Gasteiger partial charge in [0, 0.05) is 23.7 Å². The van der Waals surface area contributed by atoms with E-state index >= 15 is 0 Å². The lowest BCUT2D eigenvalue weighted by Crippen LogP contribution is -2.36. The summed E-state index contributed by atoms with van der Waals surface area (Å²) in [7, 11) is 3.91. The minimum Gasteiger partial charge on any atom is -0.449 e. The number of anilines is 1. The third kappa shape index (κ3) is 5.65. The highest BCUT2D eigenvalue weighted by Gasteiger charge is 2.30. The van der Waals surface area contributed by atoms with E-state index in [9.17, 15) is 9.59 Å². The van der Waals surface area contributed by atoms with Crippen molar-refractivity contribution in [2.75, 3.05) is 32.1 Å². The second kappa shape index (κ2) is 10.5. The van der Waals surface area contributed by atoms with Gasteiger partial charge >= 0.3 is 0 Å². The number of para-hydroxylation sites is 2. The maximum absolute atomic E-state index is 13.4. The van der Waals surface area contributed by atoms with Gasteiger partial charge in [0.15, 0.2) is 11.5 Å². The number of likely N-dealkylation sites (N-methyl/N-ethyl adjacent to an activating group) is 1. The van der Waals surface area contributed by atoms with Crippen LogP contribution in [0.4, 0.5) is 5.69 Å². The lowest BCUT2D eigenvalue weighted by atomic mass is 10.1. The van der Waals surface area contributed by atoms with Crippen LogP contribution in [0.1, 0.15) is 21.5 Å². The summed E-state index contributed by atoms with van der Waals surface area (Å²) < 4.78 is 5.95. The molecule has 174 valence electrons. The fourth-order valence-corrected chi connectivity index (χ4v) is 3.69. The molecule has 0 radical (unpaired) electrons. The number of amides is 2. The Morgan fingerprint density at radius 3 is 2.44 bits per heavy atom. The van der Waals surface area contributed by atoms with E-state index in [-0.39, 0.29) is 17.6 Å². The van der Waals surface area contributed by atoms with Crippen molar-refractivity contribution in [1.29, 1.82) is 0 Å². The Morgan fingerprint density at radius 1 is 1.03 bits per heavy atom. The second-order valence-electron chi connectivity index (χ2n) is 8.28. The van der Waals surface area contributed by atoms with Crippen molar-refractivity contribution in [3.8, 4) is 5.75 Å². The van der Waals surface area contributed by atoms with Gasteiger partial charge in [-0.25, -0.2) is 0 Å². The van der Waals surface area contributed by atoms with Crippen molar-refractivity contribution < 1.29 is 14.3 Å². The molecule has 4 rings (SSSR count). The second-order valence-corrected chi connectivity index (χ2v) is 8.71. The van der Waals surface area contributed by atoms with Gasteiger partial charge in [-0.3, -0.25) is 14.5 Å². The number of hydrogen-bond acceptors (Lipinski definition) is 4. The quantitative estimate of drug-likeness (QED) is 0.507. The molecule has 0 saturated carbocycles. The van der Waals surface area contributed by atoms with Crippen LogP contribution >= 0.6 is 11.6 Å². The van der Waals surface area contributed by atoms with E-state index in [0.29, 0.717) is 35.1 Å². The number of carbonyl (C=O) groups is 2. The van der Waals surface area contributed by atoms with Crippen LogP contribution in [-0.2, 0) is 11.3 Å². The molecule has 0 aromatic heterocycles. The van der Waals surface area contributed by atoms with Crippen LogP contribution in [0.15, 0.2) is 78.6 Å². The topological polar surface area (TPSA) is 61.9 Å². The average Bonchev–Trinajstić information content (AvgIpc) is 2.83. The standard InChI is InChI=1S/C27H26ClN3O3/c1-30(2)16-15-29-26(32)21-11-7-19(8-12-21)17-25-27(33)31(18-20-9-13-22(28)14-10-20)23-5-3-4-6-24(23)34-25/h3-14,17H,15-16,18H2,1-2H3,(H,29,32). The first-order valence-corrected chi connectivity index (χ1v) is 11.4. The van der Waals surface area contributed by atoms with Crippen LogP contribution in [0.2, 0.25) is 5.02 Å². The Labute approximate surface area is 204 Å². The van der Waals surface area contributed by atoms with E-state index in [1.165, 1.54) is 0 Å². The number of benzene rings is 3. The van der Waals surface area contributed by atoms with Gasteiger partial charge in [0.1, 0.15) is 0 Å². The Hall–Kier alpha value is -3.61. The lowest BCUT2D eigenvalue weighted by Gasteiger charge is -2.30. The SMILES string of the molecule is CN(C)CCNC(=O)c1ccc(C=C2Oc3ccccc3N(Cc3ccc(Cl)cc3)C2=O)cc1. The van der Waals surface area contributed by atoms with Gasteiger partial charge < -0.3 is 15.0 Å². The fourth-order valence-electron chi connectivity index (χ4n) is 3.57. The minimum atomic E-state index is -0.237. The molecule has 0 bridgehead atoms. The van der Waals surface area contributed by atoms with Crippen molar-refractivity contribution in [3.05, 3.63) is 100 Å². The lowest BCUT2D eigenvalue weighted by molar-refractivity contribution is -0.117. The zero-order valence-corrected chi connectivity index (χ0v) is 19.9. The van der Waals surface area contributed by atoms with Crippen LogP contribution < -0.4 is 15.0 Å². The monoisotopic (exact) mass is 475 g/mol. The molecule has 3 aromatic carbocycles. The van der Waals surface area contributed by atoms with Crippen LogP contribution in [0.5, 0.6) is 5.75 Å². The number of halogens is 1. The van der Waals surface area contributed by atoms with Crippen molar-refractivity contribution in [2.45, 2.75) is 6.54 Å². The van der Waals surface area contributed by atoms with Gasteiger partial charge in [0.2, 0.25) is 0 Å². The van der Waals surface area contributed by atoms with E-state index in [2.05, 4.69) is 5.32 Å². The molecule has 1 aliphatic heterocycles. The first-order chi connectivity index (χ1) is 16.4. The van der Waals surface area contributed by atoms with E-state index in [0.717, 1.165) is 17.7 Å². The highest BCUT2D eigenvalue weighted by atomic mass is 35.5. The molecule has 0 aliphatic carbocycles. The first-order valence-electron chi connectivity index (χ1n) is 11.0. The molecule has 0 spiro atoms. The fraction of sp³-hybridized carbons (Fsp3) is 0.185. The molecular weight excluding hydrogens is 450 g/mol. The Balaban J connectivity index is 1.54. The van der Waals surface area contributed by atoms with Gasteiger partial charge in [-0.2, -0.15) is 0 Å². The van der Waals surface area contributed by atoms with E-state index in [4.69, 9.17) is 16.3 Å². The van der Waals surface area contributed by atoms with E-state index in [1.54, 1.807) is 35.2 Å². The number of rotatable bonds is 7. The zero-order chi connectivity index (χ0) is 24.1. The van der Waals surface area contributed by atoms with Gasteiger partial charge in [0.05, 0.1) is 12.2 Å².